The van der Waals surface area contributed by atoms with Gasteiger partial charge in [0.15, 0.2) is 11.5 Å². The number of fused-ring (bicyclic) bond motifs is 1. The molecule has 1 aliphatic rings. The van der Waals surface area contributed by atoms with Gasteiger partial charge in [0.25, 0.3) is 11.6 Å². The third-order valence-electron chi connectivity index (χ3n) is 5.51. The number of rotatable bonds is 6. The van der Waals surface area contributed by atoms with E-state index in [-0.39, 0.29) is 28.8 Å². The Hall–Kier alpha value is -2.91. The van der Waals surface area contributed by atoms with Crippen molar-refractivity contribution in [2.45, 2.75) is 25.7 Å². The minimum atomic E-state index is -0.561. The lowest BCUT2D eigenvalue weighted by Gasteiger charge is -2.31. The molecule has 0 unspecified atom stereocenters. The van der Waals surface area contributed by atoms with Crippen LogP contribution in [0.3, 0.4) is 0 Å². The maximum Gasteiger partial charge on any atom is 0.286 e. The summed E-state index contributed by atoms with van der Waals surface area (Å²) in [7, 11) is 1.44. The van der Waals surface area contributed by atoms with Crippen molar-refractivity contribution in [1.82, 2.24) is 9.88 Å². The highest BCUT2D eigenvalue weighted by atomic mass is 35.5. The quantitative estimate of drug-likeness (QED) is 0.355. The van der Waals surface area contributed by atoms with Crippen LogP contribution in [0, 0.1) is 10.1 Å². The number of halogens is 1. The highest BCUT2D eigenvalue weighted by Crippen LogP contribution is 2.38. The zero-order chi connectivity index (χ0) is 22.8. The van der Waals surface area contributed by atoms with Crippen LogP contribution in [0.25, 0.3) is 10.2 Å². The molecule has 10 heteroatoms. The van der Waals surface area contributed by atoms with Crippen LogP contribution in [-0.2, 0) is 0 Å². The van der Waals surface area contributed by atoms with E-state index in [1.54, 1.807) is 23.2 Å². The van der Waals surface area contributed by atoms with Crippen LogP contribution in [0.1, 0.15) is 41.0 Å². The van der Waals surface area contributed by atoms with Gasteiger partial charge < -0.3 is 14.4 Å². The summed E-state index contributed by atoms with van der Waals surface area (Å²) in [4.78, 5) is 30.6. The molecule has 32 heavy (non-hydrogen) atoms. The van der Waals surface area contributed by atoms with Gasteiger partial charge in [0.05, 0.1) is 39.9 Å². The average molecular weight is 476 g/mol. The number of nitrogens with zero attached hydrogens (tertiary/aromatic N) is 3. The monoisotopic (exact) mass is 475 g/mol. The smallest absolute Gasteiger partial charge is 0.286 e. The van der Waals surface area contributed by atoms with Gasteiger partial charge in [-0.1, -0.05) is 11.6 Å². The molecule has 1 aromatic heterocycles. The summed E-state index contributed by atoms with van der Waals surface area (Å²) in [5, 5.41) is 13.3. The summed E-state index contributed by atoms with van der Waals surface area (Å²) in [6, 6.07) is 8.33. The molecule has 168 valence electrons. The van der Waals surface area contributed by atoms with Crippen molar-refractivity contribution in [2.24, 2.45) is 0 Å². The van der Waals surface area contributed by atoms with Crippen LogP contribution in [-0.4, -0.2) is 47.5 Å². The Balaban J connectivity index is 1.53. The predicted molar refractivity (Wildman–Crippen MR) is 123 cm³/mol. The molecule has 0 saturated carbocycles. The average Bonchev–Trinajstić information content (AvgIpc) is 3.21. The molecule has 1 amide bonds. The Labute approximate surface area is 193 Å². The number of nitro benzene ring substituents is 1. The first-order chi connectivity index (χ1) is 15.4. The second-order valence-corrected chi connectivity index (χ2v) is 8.94. The molecule has 0 bridgehead atoms. The predicted octanol–water partition coefficient (Wildman–Crippen LogP) is 5.29. The number of ether oxygens (including phenoxy) is 2. The maximum absolute atomic E-state index is 13.2. The first-order valence-corrected chi connectivity index (χ1v) is 11.4. The fourth-order valence-electron chi connectivity index (χ4n) is 3.89. The number of carbonyl (C=O) groups is 1. The van der Waals surface area contributed by atoms with Crippen LogP contribution in [0.15, 0.2) is 30.3 Å². The SMILES string of the molecule is CCOc1cc([N+](=O)[O-])c(C(=O)N2CCC(c3nc4cc(Cl)ccc4s3)CC2)cc1OC. The number of methoxy groups -OCH3 is 1. The van der Waals surface area contributed by atoms with E-state index in [0.717, 1.165) is 28.1 Å². The van der Waals surface area contributed by atoms with Gasteiger partial charge in [-0.15, -0.1) is 11.3 Å². The van der Waals surface area contributed by atoms with Crippen molar-refractivity contribution in [1.29, 1.82) is 0 Å². The molecule has 8 nitrogen and oxygen atoms in total. The second-order valence-electron chi connectivity index (χ2n) is 7.44. The van der Waals surface area contributed by atoms with E-state index in [2.05, 4.69) is 0 Å². The van der Waals surface area contributed by atoms with E-state index in [0.29, 0.717) is 30.5 Å². The molecule has 0 N–H and O–H groups in total. The molecule has 1 aliphatic heterocycles. The molecular weight excluding hydrogens is 454 g/mol. The van der Waals surface area contributed by atoms with E-state index in [1.165, 1.54) is 19.2 Å². The van der Waals surface area contributed by atoms with Gasteiger partial charge in [-0.05, 0) is 38.0 Å². The van der Waals surface area contributed by atoms with Crippen LogP contribution < -0.4 is 9.47 Å². The number of likely N-dealkylation sites (tertiary alicyclic amines) is 1. The summed E-state index contributed by atoms with van der Waals surface area (Å²) in [6.45, 7) is 3.08. The minimum Gasteiger partial charge on any atom is -0.493 e. The Morgan fingerprint density at radius 2 is 2.03 bits per heavy atom. The number of benzene rings is 2. The maximum atomic E-state index is 13.2. The molecule has 0 spiro atoms. The van der Waals surface area contributed by atoms with Crippen LogP contribution in [0.5, 0.6) is 11.5 Å². The number of piperidine rings is 1. The number of aromatic nitrogens is 1. The van der Waals surface area contributed by atoms with Crippen LogP contribution in [0.4, 0.5) is 5.69 Å². The van der Waals surface area contributed by atoms with Crippen molar-refractivity contribution in [3.05, 3.63) is 56.0 Å². The lowest BCUT2D eigenvalue weighted by molar-refractivity contribution is -0.385. The van der Waals surface area contributed by atoms with Gasteiger partial charge in [-0.3, -0.25) is 14.9 Å². The molecule has 3 aromatic rings. The van der Waals surface area contributed by atoms with Crippen LogP contribution in [0.2, 0.25) is 5.02 Å². The number of amides is 1. The Kier molecular flexibility index (Phi) is 6.48. The zero-order valence-corrected chi connectivity index (χ0v) is 19.2. The largest absolute Gasteiger partial charge is 0.493 e. The molecule has 1 saturated heterocycles. The first kappa shape index (κ1) is 22.3. The summed E-state index contributed by atoms with van der Waals surface area (Å²) in [5.74, 6) is 0.393. The molecule has 2 heterocycles. The lowest BCUT2D eigenvalue weighted by Crippen LogP contribution is -2.38. The second kappa shape index (κ2) is 9.30. The van der Waals surface area contributed by atoms with Crippen molar-refractivity contribution in [2.75, 3.05) is 26.8 Å². The highest BCUT2D eigenvalue weighted by Gasteiger charge is 2.31. The van der Waals surface area contributed by atoms with Crippen molar-refractivity contribution in [3.8, 4) is 11.5 Å². The molecule has 0 aliphatic carbocycles. The number of thiazole rings is 1. The topological polar surface area (TPSA) is 94.8 Å². The number of hydrogen-bond donors (Lipinski definition) is 0. The fourth-order valence-corrected chi connectivity index (χ4v) is 5.18. The van der Waals surface area contributed by atoms with E-state index in [1.807, 2.05) is 18.2 Å². The molecule has 2 aromatic carbocycles. The molecular formula is C22H22ClN3O5S. The lowest BCUT2D eigenvalue weighted by atomic mass is 9.96. The van der Waals surface area contributed by atoms with E-state index < -0.39 is 4.92 Å². The molecule has 0 radical (unpaired) electrons. The number of carbonyl (C=O) groups excluding carboxylic acids is 1. The summed E-state index contributed by atoms with van der Waals surface area (Å²) in [5.41, 5.74) is 0.598. The third kappa shape index (κ3) is 4.35. The van der Waals surface area contributed by atoms with Gasteiger partial charge in [-0.25, -0.2) is 4.98 Å². The Morgan fingerprint density at radius 1 is 1.28 bits per heavy atom. The van der Waals surface area contributed by atoms with Crippen molar-refractivity contribution in [3.63, 3.8) is 0 Å². The first-order valence-electron chi connectivity index (χ1n) is 10.3. The van der Waals surface area contributed by atoms with E-state index in [4.69, 9.17) is 26.1 Å². The molecule has 4 rings (SSSR count). The van der Waals surface area contributed by atoms with Gasteiger partial charge >= 0.3 is 0 Å². The fraction of sp³-hybridized carbons (Fsp3) is 0.364. The van der Waals surface area contributed by atoms with Crippen LogP contribution >= 0.6 is 22.9 Å². The Bertz CT molecular complexity index is 1170. The van der Waals surface area contributed by atoms with Gasteiger partial charge in [0.1, 0.15) is 5.56 Å². The highest BCUT2D eigenvalue weighted by molar-refractivity contribution is 7.18. The van der Waals surface area contributed by atoms with E-state index >= 15 is 0 Å². The minimum absolute atomic E-state index is 0.00313. The standard InChI is InChI=1S/C22H22ClN3O5S/c1-3-31-19-12-17(26(28)29)15(11-18(19)30-2)22(27)25-8-6-13(7-9-25)21-24-16-10-14(23)4-5-20(16)32-21/h4-5,10-13H,3,6-9H2,1-2H3. The Morgan fingerprint density at radius 3 is 2.69 bits per heavy atom. The normalized spacial score (nSPS) is 14.5. The summed E-state index contributed by atoms with van der Waals surface area (Å²) < 4.78 is 11.8. The third-order valence-corrected chi connectivity index (χ3v) is 6.94. The van der Waals surface area contributed by atoms with Crippen molar-refractivity contribution >= 4 is 44.7 Å². The number of hydrogen-bond acceptors (Lipinski definition) is 7. The summed E-state index contributed by atoms with van der Waals surface area (Å²) in [6.07, 6.45) is 1.47. The van der Waals surface area contributed by atoms with Gasteiger partial charge in [0.2, 0.25) is 0 Å². The van der Waals surface area contributed by atoms with Gasteiger partial charge in [0, 0.05) is 30.1 Å². The number of nitro groups is 1. The zero-order valence-electron chi connectivity index (χ0n) is 17.7. The summed E-state index contributed by atoms with van der Waals surface area (Å²) >= 11 is 7.71. The van der Waals surface area contributed by atoms with E-state index in [9.17, 15) is 14.9 Å². The molecule has 0 atom stereocenters. The van der Waals surface area contributed by atoms with Crippen molar-refractivity contribution < 1.29 is 19.2 Å². The molecule has 1 fully saturated rings. The van der Waals surface area contributed by atoms with Gasteiger partial charge in [-0.2, -0.15) is 0 Å².